The molecule has 0 amide bonds. The van der Waals surface area contributed by atoms with Crippen molar-refractivity contribution in [2.45, 2.75) is 38.1 Å². The summed E-state index contributed by atoms with van der Waals surface area (Å²) >= 11 is 3.31. The summed E-state index contributed by atoms with van der Waals surface area (Å²) in [5.41, 5.74) is 0.943. The van der Waals surface area contributed by atoms with E-state index >= 15 is 0 Å². The van der Waals surface area contributed by atoms with Crippen LogP contribution < -0.4 is 10.0 Å². The molecule has 0 bridgehead atoms. The molecule has 0 unspecified atom stereocenters. The molecule has 0 atom stereocenters. The van der Waals surface area contributed by atoms with Gasteiger partial charge in [0.25, 0.3) is 0 Å². The molecule has 0 radical (unpaired) electrons. The highest BCUT2D eigenvalue weighted by molar-refractivity contribution is 9.10. The van der Waals surface area contributed by atoms with E-state index in [9.17, 15) is 8.42 Å². The number of nitrogens with one attached hydrogen (secondary N) is 2. The third-order valence-corrected chi connectivity index (χ3v) is 5.37. The van der Waals surface area contributed by atoms with Gasteiger partial charge in [-0.05, 0) is 59.4 Å². The lowest BCUT2D eigenvalue weighted by Crippen LogP contribution is -2.25. The lowest BCUT2D eigenvalue weighted by Gasteiger charge is -2.11. The molecule has 114 valence electrons. The van der Waals surface area contributed by atoms with Crippen molar-refractivity contribution in [1.82, 2.24) is 10.0 Å². The Kier molecular flexibility index (Phi) is 7.15. The van der Waals surface area contributed by atoms with Gasteiger partial charge in [0.05, 0.1) is 4.90 Å². The van der Waals surface area contributed by atoms with Gasteiger partial charge in [-0.25, -0.2) is 13.1 Å². The van der Waals surface area contributed by atoms with Crippen LogP contribution in [0.5, 0.6) is 0 Å². The summed E-state index contributed by atoms with van der Waals surface area (Å²) in [6.45, 7) is 5.38. The maximum Gasteiger partial charge on any atom is 0.241 e. The molecule has 0 aliphatic rings. The van der Waals surface area contributed by atoms with E-state index in [2.05, 4.69) is 39.8 Å². The van der Waals surface area contributed by atoms with Gasteiger partial charge in [-0.3, -0.25) is 0 Å². The lowest BCUT2D eigenvalue weighted by molar-refractivity contribution is 0.539. The fourth-order valence-electron chi connectivity index (χ4n) is 1.86. The standard InChI is InChI=1S/C14H23BrN2O2S/c1-11(2)5-4-8-17-20(18,19)14-9-12(10-16-3)6-7-13(14)15/h6-7,9,11,16-17H,4-5,8,10H2,1-3H3. The molecule has 0 aromatic heterocycles. The van der Waals surface area contributed by atoms with Crippen molar-refractivity contribution in [3.8, 4) is 0 Å². The molecule has 6 heteroatoms. The van der Waals surface area contributed by atoms with Crippen molar-refractivity contribution in [3.63, 3.8) is 0 Å². The van der Waals surface area contributed by atoms with E-state index in [1.165, 1.54) is 0 Å². The van der Waals surface area contributed by atoms with E-state index in [0.717, 1.165) is 18.4 Å². The van der Waals surface area contributed by atoms with Gasteiger partial charge >= 0.3 is 0 Å². The second-order valence-electron chi connectivity index (χ2n) is 5.23. The van der Waals surface area contributed by atoms with Crippen LogP contribution in [0.1, 0.15) is 32.3 Å². The highest BCUT2D eigenvalue weighted by Crippen LogP contribution is 2.23. The van der Waals surface area contributed by atoms with Gasteiger partial charge < -0.3 is 5.32 Å². The summed E-state index contributed by atoms with van der Waals surface area (Å²) in [4.78, 5) is 0.301. The quantitative estimate of drug-likeness (QED) is 0.699. The van der Waals surface area contributed by atoms with Crippen LogP contribution in [-0.4, -0.2) is 22.0 Å². The monoisotopic (exact) mass is 362 g/mol. The molecule has 2 N–H and O–H groups in total. The van der Waals surface area contributed by atoms with Crippen LogP contribution in [-0.2, 0) is 16.6 Å². The van der Waals surface area contributed by atoms with Gasteiger partial charge in [-0.1, -0.05) is 19.9 Å². The van der Waals surface area contributed by atoms with Crippen molar-refractivity contribution < 1.29 is 8.42 Å². The zero-order valence-electron chi connectivity index (χ0n) is 12.2. The normalized spacial score (nSPS) is 12.1. The molecule has 1 rings (SSSR count). The summed E-state index contributed by atoms with van der Waals surface area (Å²) in [6.07, 6.45) is 1.87. The number of hydrogen-bond donors (Lipinski definition) is 2. The maximum atomic E-state index is 12.3. The molecular formula is C14H23BrN2O2S. The van der Waals surface area contributed by atoms with E-state index in [1.807, 2.05) is 13.1 Å². The zero-order chi connectivity index (χ0) is 15.2. The molecule has 4 nitrogen and oxygen atoms in total. The van der Waals surface area contributed by atoms with E-state index in [4.69, 9.17) is 0 Å². The Morgan fingerprint density at radius 1 is 1.30 bits per heavy atom. The van der Waals surface area contributed by atoms with Gasteiger partial charge in [0.1, 0.15) is 0 Å². The molecule has 1 aromatic carbocycles. The van der Waals surface area contributed by atoms with Crippen molar-refractivity contribution >= 4 is 26.0 Å². The molecular weight excluding hydrogens is 340 g/mol. The Morgan fingerprint density at radius 2 is 2.00 bits per heavy atom. The summed E-state index contributed by atoms with van der Waals surface area (Å²) in [5, 5.41) is 3.02. The Labute approximate surface area is 130 Å². The van der Waals surface area contributed by atoms with Gasteiger partial charge in [-0.2, -0.15) is 0 Å². The molecule has 20 heavy (non-hydrogen) atoms. The van der Waals surface area contributed by atoms with Crippen LogP contribution in [0.25, 0.3) is 0 Å². The first kappa shape index (κ1) is 17.6. The van der Waals surface area contributed by atoms with E-state index in [1.54, 1.807) is 12.1 Å². The Bertz CT molecular complexity index is 530. The second kappa shape index (κ2) is 8.12. The number of halogens is 1. The molecule has 0 saturated heterocycles. The Morgan fingerprint density at radius 3 is 2.60 bits per heavy atom. The Hall–Kier alpha value is -0.430. The summed E-state index contributed by atoms with van der Waals surface area (Å²) in [7, 11) is -1.62. The number of rotatable bonds is 8. The summed E-state index contributed by atoms with van der Waals surface area (Å²) in [6, 6.07) is 5.37. The smallest absolute Gasteiger partial charge is 0.241 e. The molecule has 0 saturated carbocycles. The maximum absolute atomic E-state index is 12.3. The lowest BCUT2D eigenvalue weighted by atomic mass is 10.1. The predicted octanol–water partition coefficient (Wildman–Crippen LogP) is 2.88. The van der Waals surface area contributed by atoms with Crippen LogP contribution >= 0.6 is 15.9 Å². The number of benzene rings is 1. The fourth-order valence-corrected chi connectivity index (χ4v) is 3.95. The number of hydrogen-bond acceptors (Lipinski definition) is 3. The van der Waals surface area contributed by atoms with Crippen LogP contribution in [0.4, 0.5) is 0 Å². The SMILES string of the molecule is CNCc1ccc(Br)c(S(=O)(=O)NCCCC(C)C)c1. The molecule has 0 fully saturated rings. The van der Waals surface area contributed by atoms with Crippen molar-refractivity contribution in [2.75, 3.05) is 13.6 Å². The molecule has 0 aliphatic heterocycles. The number of sulfonamides is 1. The highest BCUT2D eigenvalue weighted by atomic mass is 79.9. The Balaban J connectivity index is 2.78. The second-order valence-corrected chi connectivity index (χ2v) is 7.82. The first-order valence-corrected chi connectivity index (χ1v) is 9.07. The van der Waals surface area contributed by atoms with Crippen molar-refractivity contribution in [1.29, 1.82) is 0 Å². The summed E-state index contributed by atoms with van der Waals surface area (Å²) < 4.78 is 27.8. The first-order chi connectivity index (χ1) is 9.36. The topological polar surface area (TPSA) is 58.2 Å². The molecule has 0 spiro atoms. The van der Waals surface area contributed by atoms with Crippen LogP contribution in [0, 0.1) is 5.92 Å². The van der Waals surface area contributed by atoms with E-state index < -0.39 is 10.0 Å². The molecule has 1 aromatic rings. The molecule has 0 aliphatic carbocycles. The fraction of sp³-hybridized carbons (Fsp3) is 0.571. The van der Waals surface area contributed by atoms with Gasteiger partial charge in [0, 0.05) is 17.6 Å². The summed E-state index contributed by atoms with van der Waals surface area (Å²) in [5.74, 6) is 0.588. The van der Waals surface area contributed by atoms with Crippen molar-refractivity contribution in [2.24, 2.45) is 5.92 Å². The minimum absolute atomic E-state index is 0.301. The van der Waals surface area contributed by atoms with E-state index in [0.29, 0.717) is 28.4 Å². The minimum Gasteiger partial charge on any atom is -0.316 e. The van der Waals surface area contributed by atoms with Crippen LogP contribution in [0.2, 0.25) is 0 Å². The van der Waals surface area contributed by atoms with Gasteiger partial charge in [-0.15, -0.1) is 0 Å². The van der Waals surface area contributed by atoms with Crippen LogP contribution in [0.15, 0.2) is 27.6 Å². The highest BCUT2D eigenvalue weighted by Gasteiger charge is 2.17. The minimum atomic E-state index is -3.45. The zero-order valence-corrected chi connectivity index (χ0v) is 14.6. The average Bonchev–Trinajstić information content (AvgIpc) is 2.37. The van der Waals surface area contributed by atoms with Crippen molar-refractivity contribution in [3.05, 3.63) is 28.2 Å². The third kappa shape index (κ3) is 5.52. The third-order valence-electron chi connectivity index (χ3n) is 2.92. The van der Waals surface area contributed by atoms with Gasteiger partial charge in [0.2, 0.25) is 10.0 Å². The predicted molar refractivity (Wildman–Crippen MR) is 86.2 cm³/mol. The van der Waals surface area contributed by atoms with Crippen LogP contribution in [0.3, 0.4) is 0 Å². The molecule has 0 heterocycles. The van der Waals surface area contributed by atoms with Gasteiger partial charge in [0.15, 0.2) is 0 Å². The van der Waals surface area contributed by atoms with E-state index in [-0.39, 0.29) is 0 Å². The first-order valence-electron chi connectivity index (χ1n) is 6.79. The average molecular weight is 363 g/mol. The largest absolute Gasteiger partial charge is 0.316 e.